The van der Waals surface area contributed by atoms with E-state index in [0.29, 0.717) is 6.04 Å². The van der Waals surface area contributed by atoms with Crippen LogP contribution in [0.5, 0.6) is 0 Å². The maximum Gasteiger partial charge on any atom is 0.244 e. The third-order valence-electron chi connectivity index (χ3n) is 6.57. The fraction of sp³-hybridized carbons (Fsp3) is 0.107. The molecule has 31 heavy (non-hydrogen) atoms. The summed E-state index contributed by atoms with van der Waals surface area (Å²) in [4.78, 5) is 0. The van der Waals surface area contributed by atoms with Gasteiger partial charge in [-0.15, -0.1) is 0 Å². The lowest BCUT2D eigenvalue weighted by atomic mass is 10.1. The molecule has 4 aromatic carbocycles. The SMILES string of the molecule is CC(C)[n+]1[c-]n(-c2cccc3c2c2cccc4c5ccccc5n3c42)c2ccccc21. The summed E-state index contributed by atoms with van der Waals surface area (Å²) in [6, 6.07) is 31.0. The van der Waals surface area contributed by atoms with Gasteiger partial charge in [0.05, 0.1) is 33.8 Å². The fourth-order valence-corrected chi connectivity index (χ4v) is 5.30. The molecule has 0 amide bonds. The van der Waals surface area contributed by atoms with E-state index in [-0.39, 0.29) is 0 Å². The van der Waals surface area contributed by atoms with Gasteiger partial charge < -0.3 is 13.5 Å². The van der Waals surface area contributed by atoms with Gasteiger partial charge in [-0.25, -0.2) is 0 Å². The summed E-state index contributed by atoms with van der Waals surface area (Å²) in [7, 11) is 0. The second-order valence-corrected chi connectivity index (χ2v) is 8.61. The van der Waals surface area contributed by atoms with Crippen LogP contribution in [-0.4, -0.2) is 8.97 Å². The highest BCUT2D eigenvalue weighted by Gasteiger charge is 2.20. The van der Waals surface area contributed by atoms with E-state index in [9.17, 15) is 0 Å². The van der Waals surface area contributed by atoms with Gasteiger partial charge >= 0.3 is 0 Å². The molecule has 3 aromatic heterocycles. The molecule has 0 saturated heterocycles. The molecule has 0 aliphatic heterocycles. The minimum absolute atomic E-state index is 0.337. The van der Waals surface area contributed by atoms with Gasteiger partial charge in [-0.1, -0.05) is 72.8 Å². The molecule has 0 aliphatic carbocycles. The predicted molar refractivity (Wildman–Crippen MR) is 127 cm³/mol. The van der Waals surface area contributed by atoms with Crippen LogP contribution in [0.4, 0.5) is 0 Å². The average molecular weight is 399 g/mol. The van der Waals surface area contributed by atoms with E-state index < -0.39 is 0 Å². The third kappa shape index (κ3) is 2.05. The number of fused-ring (bicyclic) bond motifs is 7. The van der Waals surface area contributed by atoms with Crippen molar-refractivity contribution in [3.05, 3.63) is 91.3 Å². The standard InChI is InChI=1S/C28H21N3/c1-18(2)29-17-30(24-14-6-5-13-23(24)29)25-15-8-16-26-27(25)21-11-7-10-20-19-9-3-4-12-22(19)31(26)28(20)21/h3-16,18H,1-2H3. The molecule has 0 saturated carbocycles. The fourth-order valence-electron chi connectivity index (χ4n) is 5.30. The Kier molecular flexibility index (Phi) is 3.19. The molecular formula is C28H21N3. The predicted octanol–water partition coefficient (Wildman–Crippen LogP) is 6.45. The van der Waals surface area contributed by atoms with Crippen molar-refractivity contribution in [2.24, 2.45) is 0 Å². The van der Waals surface area contributed by atoms with Crippen molar-refractivity contribution in [3.8, 4) is 5.69 Å². The van der Waals surface area contributed by atoms with E-state index in [4.69, 9.17) is 0 Å². The van der Waals surface area contributed by atoms with Crippen LogP contribution in [0.2, 0.25) is 0 Å². The van der Waals surface area contributed by atoms with Crippen molar-refractivity contribution in [3.63, 3.8) is 0 Å². The second-order valence-electron chi connectivity index (χ2n) is 8.61. The molecule has 0 fully saturated rings. The number of imidazole rings is 1. The van der Waals surface area contributed by atoms with Gasteiger partial charge in [-0.2, -0.15) is 0 Å². The lowest BCUT2D eigenvalue weighted by Gasteiger charge is -2.08. The van der Waals surface area contributed by atoms with E-state index in [2.05, 4.69) is 119 Å². The molecule has 7 rings (SSSR count). The van der Waals surface area contributed by atoms with Gasteiger partial charge in [0.1, 0.15) is 0 Å². The zero-order chi connectivity index (χ0) is 20.7. The summed E-state index contributed by atoms with van der Waals surface area (Å²) in [5, 5.41) is 5.20. The molecule has 0 aliphatic rings. The molecule has 0 atom stereocenters. The maximum atomic E-state index is 3.65. The highest BCUT2D eigenvalue weighted by molar-refractivity contribution is 6.24. The van der Waals surface area contributed by atoms with Crippen molar-refractivity contribution < 1.29 is 4.57 Å². The zero-order valence-electron chi connectivity index (χ0n) is 17.5. The number of aromatic nitrogens is 3. The van der Waals surface area contributed by atoms with E-state index in [0.717, 1.165) is 0 Å². The van der Waals surface area contributed by atoms with E-state index in [1.54, 1.807) is 0 Å². The Hall–Kier alpha value is -3.85. The highest BCUT2D eigenvalue weighted by atomic mass is 15.2. The van der Waals surface area contributed by atoms with Crippen molar-refractivity contribution in [1.82, 2.24) is 8.97 Å². The molecule has 3 heteroatoms. The first-order valence-electron chi connectivity index (χ1n) is 10.8. The summed E-state index contributed by atoms with van der Waals surface area (Å²) < 4.78 is 6.91. The highest BCUT2D eigenvalue weighted by Crippen LogP contribution is 2.41. The minimum atomic E-state index is 0.337. The van der Waals surface area contributed by atoms with Crippen LogP contribution in [0.15, 0.2) is 84.9 Å². The summed E-state index contributed by atoms with van der Waals surface area (Å²) in [6.07, 6.45) is 3.65. The smallest absolute Gasteiger partial charge is 0.244 e. The monoisotopic (exact) mass is 399 g/mol. The zero-order valence-corrected chi connectivity index (χ0v) is 17.5. The van der Waals surface area contributed by atoms with Gasteiger partial charge in [0.2, 0.25) is 6.33 Å². The molecule has 148 valence electrons. The molecule has 3 nitrogen and oxygen atoms in total. The maximum absolute atomic E-state index is 3.65. The van der Waals surface area contributed by atoms with Gasteiger partial charge in [0.15, 0.2) is 0 Å². The molecule has 0 bridgehead atoms. The second kappa shape index (κ2) is 5.86. The van der Waals surface area contributed by atoms with Gasteiger partial charge in [-0.3, -0.25) is 0 Å². The minimum Gasteiger partial charge on any atom is -0.319 e. The topological polar surface area (TPSA) is 13.2 Å². The van der Waals surface area contributed by atoms with Crippen LogP contribution in [-0.2, 0) is 0 Å². The van der Waals surface area contributed by atoms with Crippen molar-refractivity contribution in [1.29, 1.82) is 0 Å². The Labute approximate surface area is 179 Å². The summed E-state index contributed by atoms with van der Waals surface area (Å²) in [6.45, 7) is 4.42. The summed E-state index contributed by atoms with van der Waals surface area (Å²) >= 11 is 0. The molecular weight excluding hydrogens is 378 g/mol. The number of benzene rings is 4. The van der Waals surface area contributed by atoms with Crippen LogP contribution >= 0.6 is 0 Å². The summed E-state index contributed by atoms with van der Waals surface area (Å²) in [5.41, 5.74) is 7.37. The first-order valence-corrected chi connectivity index (χ1v) is 10.8. The lowest BCUT2D eigenvalue weighted by Crippen LogP contribution is -2.35. The Morgan fingerprint density at radius 3 is 2.23 bits per heavy atom. The largest absolute Gasteiger partial charge is 0.319 e. The Morgan fingerprint density at radius 1 is 0.677 bits per heavy atom. The molecule has 0 N–H and O–H groups in total. The van der Waals surface area contributed by atoms with Crippen LogP contribution in [0.25, 0.3) is 54.8 Å². The van der Waals surface area contributed by atoms with E-state index in [1.807, 2.05) is 0 Å². The van der Waals surface area contributed by atoms with Gasteiger partial charge in [0.25, 0.3) is 0 Å². The normalized spacial score (nSPS) is 12.5. The number of hydrogen-bond acceptors (Lipinski definition) is 0. The van der Waals surface area contributed by atoms with Gasteiger partial charge in [0, 0.05) is 27.1 Å². The van der Waals surface area contributed by atoms with Gasteiger partial charge in [-0.05, 0) is 26.0 Å². The summed E-state index contributed by atoms with van der Waals surface area (Å²) in [5.74, 6) is 0. The number of hydrogen-bond donors (Lipinski definition) is 0. The third-order valence-corrected chi connectivity index (χ3v) is 6.57. The Bertz CT molecular complexity index is 1760. The molecule has 7 aromatic rings. The molecule has 0 radical (unpaired) electrons. The average Bonchev–Trinajstić information content (AvgIpc) is 3.46. The molecule has 3 heterocycles. The Balaban J connectivity index is 1.70. The Morgan fingerprint density at radius 2 is 1.35 bits per heavy atom. The van der Waals surface area contributed by atoms with E-state index in [1.165, 1.54) is 54.8 Å². The first kappa shape index (κ1) is 16.9. The van der Waals surface area contributed by atoms with Crippen LogP contribution in [0.3, 0.4) is 0 Å². The van der Waals surface area contributed by atoms with Crippen molar-refractivity contribution in [2.75, 3.05) is 0 Å². The van der Waals surface area contributed by atoms with Crippen molar-refractivity contribution in [2.45, 2.75) is 19.9 Å². The lowest BCUT2D eigenvalue weighted by molar-refractivity contribution is -0.695. The number of nitrogens with zero attached hydrogens (tertiary/aromatic N) is 3. The number of para-hydroxylation sites is 4. The molecule has 0 unspecified atom stereocenters. The van der Waals surface area contributed by atoms with E-state index >= 15 is 0 Å². The van der Waals surface area contributed by atoms with Crippen molar-refractivity contribution >= 4 is 49.1 Å². The first-order chi connectivity index (χ1) is 15.2. The quantitative estimate of drug-likeness (QED) is 0.234. The van der Waals surface area contributed by atoms with Crippen LogP contribution in [0.1, 0.15) is 19.9 Å². The van der Waals surface area contributed by atoms with Crippen LogP contribution in [0, 0.1) is 6.33 Å². The number of rotatable bonds is 2. The van der Waals surface area contributed by atoms with Crippen LogP contribution < -0.4 is 4.57 Å². The molecule has 0 spiro atoms.